The summed E-state index contributed by atoms with van der Waals surface area (Å²) in [5, 5.41) is 3.19. The molecule has 29 heavy (non-hydrogen) atoms. The van der Waals surface area contributed by atoms with Crippen LogP contribution < -0.4 is 5.32 Å². The fourth-order valence-electron chi connectivity index (χ4n) is 4.78. The van der Waals surface area contributed by atoms with Crippen molar-refractivity contribution < 1.29 is 0 Å². The van der Waals surface area contributed by atoms with E-state index in [0.717, 1.165) is 11.3 Å². The van der Waals surface area contributed by atoms with Crippen LogP contribution in [0.2, 0.25) is 0 Å². The molecule has 0 fully saturated rings. The van der Waals surface area contributed by atoms with Gasteiger partial charge in [-0.2, -0.15) is 0 Å². The van der Waals surface area contributed by atoms with E-state index in [4.69, 9.17) is 0 Å². The molecule has 140 valence electrons. The molecule has 0 heterocycles. The lowest BCUT2D eigenvalue weighted by Gasteiger charge is -2.33. The Morgan fingerprint density at radius 2 is 1.21 bits per heavy atom. The van der Waals surface area contributed by atoms with Gasteiger partial charge in [0, 0.05) is 12.7 Å². The maximum absolute atomic E-state index is 4.17. The predicted octanol–water partition coefficient (Wildman–Crippen LogP) is 6.24. The summed E-state index contributed by atoms with van der Waals surface area (Å²) < 4.78 is 0. The van der Waals surface area contributed by atoms with E-state index in [2.05, 4.69) is 115 Å². The molecule has 1 N–H and O–H groups in total. The average Bonchev–Trinajstić information content (AvgIpc) is 3.10. The minimum Gasteiger partial charge on any atom is -0.388 e. The normalized spacial score (nSPS) is 13.4. The molecule has 0 atom stereocenters. The van der Waals surface area contributed by atoms with Gasteiger partial charge in [-0.25, -0.2) is 0 Å². The van der Waals surface area contributed by atoms with Gasteiger partial charge in [0.05, 0.1) is 5.41 Å². The smallest absolute Gasteiger partial charge is 0.0713 e. The second kappa shape index (κ2) is 6.79. The van der Waals surface area contributed by atoms with E-state index < -0.39 is 0 Å². The van der Waals surface area contributed by atoms with Crippen molar-refractivity contribution in [3.8, 4) is 11.1 Å². The number of benzene rings is 4. The molecule has 1 aliphatic rings. The van der Waals surface area contributed by atoms with Gasteiger partial charge >= 0.3 is 0 Å². The molecule has 0 amide bonds. The Morgan fingerprint density at radius 1 is 0.655 bits per heavy atom. The van der Waals surface area contributed by atoms with Crippen LogP contribution in [0, 0.1) is 0 Å². The van der Waals surface area contributed by atoms with Crippen molar-refractivity contribution in [2.24, 2.45) is 0 Å². The lowest BCUT2D eigenvalue weighted by Crippen LogP contribution is -2.28. The first kappa shape index (κ1) is 17.5. The number of hydrogen-bond acceptors (Lipinski definition) is 1. The topological polar surface area (TPSA) is 12.0 Å². The molecule has 1 heteroatoms. The van der Waals surface area contributed by atoms with Gasteiger partial charge in [-0.05, 0) is 45.0 Å². The third-order valence-electron chi connectivity index (χ3n) is 6.11. The van der Waals surface area contributed by atoms with Crippen molar-refractivity contribution in [1.82, 2.24) is 5.32 Å². The van der Waals surface area contributed by atoms with Crippen molar-refractivity contribution in [2.45, 2.75) is 5.41 Å². The van der Waals surface area contributed by atoms with E-state index in [0.29, 0.717) is 0 Å². The molecular formula is C28H23N. The number of rotatable bonds is 4. The molecule has 1 aliphatic carbocycles. The first-order chi connectivity index (χ1) is 14.3. The van der Waals surface area contributed by atoms with Crippen LogP contribution in [-0.2, 0) is 5.41 Å². The van der Waals surface area contributed by atoms with Crippen LogP contribution >= 0.6 is 0 Å². The molecular weight excluding hydrogens is 350 g/mol. The molecule has 4 aromatic carbocycles. The van der Waals surface area contributed by atoms with Crippen LogP contribution in [-0.4, -0.2) is 7.05 Å². The van der Waals surface area contributed by atoms with Gasteiger partial charge in [-0.15, -0.1) is 0 Å². The molecule has 0 aliphatic heterocycles. The minimum atomic E-state index is -0.325. The summed E-state index contributed by atoms with van der Waals surface area (Å²) in [6, 6.07) is 37.3. The zero-order valence-electron chi connectivity index (χ0n) is 16.5. The van der Waals surface area contributed by atoms with Crippen LogP contribution in [0.4, 0.5) is 0 Å². The van der Waals surface area contributed by atoms with Gasteiger partial charge in [0.2, 0.25) is 0 Å². The predicted molar refractivity (Wildman–Crippen MR) is 122 cm³/mol. The Labute approximate surface area is 172 Å². The molecule has 4 aromatic rings. The second-order valence-corrected chi connectivity index (χ2v) is 7.52. The van der Waals surface area contributed by atoms with E-state index in [1.807, 2.05) is 7.05 Å². The van der Waals surface area contributed by atoms with Crippen molar-refractivity contribution >= 4 is 5.70 Å². The number of nitrogens with one attached hydrogen (secondary N) is 1. The van der Waals surface area contributed by atoms with Gasteiger partial charge in [-0.3, -0.25) is 0 Å². The number of fused-ring (bicyclic) bond motifs is 3. The standard InChI is InChI=1S/C28H23N/c1-20(29-2)21-17-18-27-25(19-21)24-15-9-10-16-26(24)28(27,22-11-5-3-6-12-22)23-13-7-4-8-14-23/h3-19,29H,1H2,2H3. The molecule has 0 saturated carbocycles. The Morgan fingerprint density at radius 3 is 1.83 bits per heavy atom. The minimum absolute atomic E-state index is 0.325. The van der Waals surface area contributed by atoms with E-state index in [9.17, 15) is 0 Å². The Kier molecular flexibility index (Phi) is 4.10. The Balaban J connectivity index is 1.91. The van der Waals surface area contributed by atoms with Crippen molar-refractivity contribution in [3.05, 3.63) is 138 Å². The van der Waals surface area contributed by atoms with Gasteiger partial charge in [-0.1, -0.05) is 104 Å². The highest BCUT2D eigenvalue weighted by Gasteiger charge is 2.45. The second-order valence-electron chi connectivity index (χ2n) is 7.52. The summed E-state index contributed by atoms with van der Waals surface area (Å²) in [5.74, 6) is 0. The van der Waals surface area contributed by atoms with Crippen LogP contribution in [0.1, 0.15) is 27.8 Å². The molecule has 0 spiro atoms. The molecule has 5 rings (SSSR count). The summed E-state index contributed by atoms with van der Waals surface area (Å²) in [6.07, 6.45) is 0. The summed E-state index contributed by atoms with van der Waals surface area (Å²) in [5.41, 5.74) is 9.54. The summed E-state index contributed by atoms with van der Waals surface area (Å²) in [7, 11) is 1.92. The molecule has 0 unspecified atom stereocenters. The van der Waals surface area contributed by atoms with Gasteiger partial charge in [0.15, 0.2) is 0 Å². The van der Waals surface area contributed by atoms with Crippen LogP contribution in [0.15, 0.2) is 110 Å². The first-order valence-corrected chi connectivity index (χ1v) is 9.99. The highest BCUT2D eigenvalue weighted by atomic mass is 14.8. The zero-order valence-corrected chi connectivity index (χ0v) is 16.5. The highest BCUT2D eigenvalue weighted by Crippen LogP contribution is 2.56. The fraction of sp³-hybridized carbons (Fsp3) is 0.0714. The van der Waals surface area contributed by atoms with Crippen LogP contribution in [0.3, 0.4) is 0 Å². The first-order valence-electron chi connectivity index (χ1n) is 9.99. The fourth-order valence-corrected chi connectivity index (χ4v) is 4.78. The lowest BCUT2D eigenvalue weighted by molar-refractivity contribution is 0.768. The molecule has 0 bridgehead atoms. The summed E-state index contributed by atoms with van der Waals surface area (Å²) in [4.78, 5) is 0. The Bertz CT molecular complexity index is 1150. The van der Waals surface area contributed by atoms with E-state index in [1.54, 1.807) is 0 Å². The van der Waals surface area contributed by atoms with Gasteiger partial charge < -0.3 is 5.32 Å². The van der Waals surface area contributed by atoms with Crippen molar-refractivity contribution in [1.29, 1.82) is 0 Å². The molecule has 0 radical (unpaired) electrons. The van der Waals surface area contributed by atoms with Crippen molar-refractivity contribution in [2.75, 3.05) is 7.05 Å². The van der Waals surface area contributed by atoms with Gasteiger partial charge in [0.1, 0.15) is 0 Å². The third-order valence-corrected chi connectivity index (χ3v) is 6.11. The summed E-state index contributed by atoms with van der Waals surface area (Å²) in [6.45, 7) is 4.17. The quantitative estimate of drug-likeness (QED) is 0.393. The zero-order chi connectivity index (χ0) is 19.8. The van der Waals surface area contributed by atoms with E-state index >= 15 is 0 Å². The SMILES string of the molecule is C=C(NC)c1ccc2c(c1)-c1ccccc1C2(c1ccccc1)c1ccccc1. The highest BCUT2D eigenvalue weighted by molar-refractivity contribution is 5.87. The lowest BCUT2D eigenvalue weighted by atomic mass is 9.67. The van der Waals surface area contributed by atoms with E-state index in [-0.39, 0.29) is 5.41 Å². The van der Waals surface area contributed by atoms with Crippen molar-refractivity contribution in [3.63, 3.8) is 0 Å². The molecule has 0 saturated heterocycles. The molecule has 0 aromatic heterocycles. The Hall–Kier alpha value is -3.58. The maximum Gasteiger partial charge on any atom is 0.0713 e. The van der Waals surface area contributed by atoms with Gasteiger partial charge in [0.25, 0.3) is 0 Å². The largest absolute Gasteiger partial charge is 0.388 e. The third kappa shape index (κ3) is 2.48. The summed E-state index contributed by atoms with van der Waals surface area (Å²) >= 11 is 0. The number of hydrogen-bond donors (Lipinski definition) is 1. The monoisotopic (exact) mass is 373 g/mol. The van der Waals surface area contributed by atoms with E-state index in [1.165, 1.54) is 33.4 Å². The molecule has 1 nitrogen and oxygen atoms in total. The van der Waals surface area contributed by atoms with Crippen LogP contribution in [0.25, 0.3) is 16.8 Å². The van der Waals surface area contributed by atoms with Crippen LogP contribution in [0.5, 0.6) is 0 Å². The average molecular weight is 373 g/mol. The maximum atomic E-state index is 4.17.